The molecule has 1 saturated heterocycles. The fourth-order valence-electron chi connectivity index (χ4n) is 3.14. The molecule has 2 heterocycles. The van der Waals surface area contributed by atoms with Gasteiger partial charge in [0.15, 0.2) is 0 Å². The molecule has 3 N–H and O–H groups in total. The highest BCUT2D eigenvalue weighted by atomic mass is 35.5. The minimum atomic E-state index is -4.48. The summed E-state index contributed by atoms with van der Waals surface area (Å²) in [6.45, 7) is 3.69. The third kappa shape index (κ3) is 4.79. The molecule has 1 aliphatic heterocycles. The van der Waals surface area contributed by atoms with Gasteiger partial charge in [0.2, 0.25) is 5.89 Å². The molecule has 10 heteroatoms. The summed E-state index contributed by atoms with van der Waals surface area (Å²) in [5, 5.41) is 12.0. The topological polar surface area (TPSA) is 83.0 Å². The average Bonchev–Trinajstić information content (AvgIpc) is 3.17. The Labute approximate surface area is 154 Å². The number of halogens is 4. The predicted octanol–water partition coefficient (Wildman–Crippen LogP) is 3.27. The summed E-state index contributed by atoms with van der Waals surface area (Å²) < 4.78 is 44.7. The minimum Gasteiger partial charge on any atom is -0.388 e. The molecule has 0 aliphatic carbocycles. The van der Waals surface area contributed by atoms with Crippen LogP contribution in [0.2, 0.25) is 0 Å². The molecule has 1 fully saturated rings. The van der Waals surface area contributed by atoms with Crippen LogP contribution in [0.3, 0.4) is 0 Å². The number of nitrogens with one attached hydrogen (secondary N) is 3. The molecule has 0 bridgehead atoms. The second kappa shape index (κ2) is 8.13. The maximum Gasteiger partial charge on any atom is 0.434 e. The summed E-state index contributed by atoms with van der Waals surface area (Å²) >= 11 is 0. The maximum absolute atomic E-state index is 13.3. The molecule has 1 unspecified atom stereocenters. The minimum absolute atomic E-state index is 0. The smallest absolute Gasteiger partial charge is 0.388 e. The second-order valence-corrected chi connectivity index (χ2v) is 6.32. The van der Waals surface area contributed by atoms with E-state index in [1.807, 2.05) is 6.92 Å². The van der Waals surface area contributed by atoms with E-state index in [1.165, 1.54) is 12.1 Å². The number of alkyl halides is 3. The Morgan fingerprint density at radius 2 is 2.19 bits per heavy atom. The molecule has 0 radical (unpaired) electrons. The van der Waals surface area contributed by atoms with Crippen molar-refractivity contribution in [2.24, 2.45) is 5.92 Å². The van der Waals surface area contributed by atoms with Crippen LogP contribution >= 0.6 is 12.4 Å². The molecule has 1 aromatic carbocycles. The lowest BCUT2D eigenvalue weighted by atomic mass is 9.99. The van der Waals surface area contributed by atoms with Crippen molar-refractivity contribution >= 4 is 18.1 Å². The Bertz CT molecular complexity index is 784. The van der Waals surface area contributed by atoms with Gasteiger partial charge in [-0.2, -0.15) is 13.2 Å². The molecule has 0 saturated carbocycles. The zero-order valence-electron chi connectivity index (χ0n) is 14.0. The average molecular weight is 393 g/mol. The lowest BCUT2D eigenvalue weighted by Crippen LogP contribution is -2.23. The largest absolute Gasteiger partial charge is 0.434 e. The summed E-state index contributed by atoms with van der Waals surface area (Å²) in [7, 11) is 0. The Kier molecular flexibility index (Phi) is 6.35. The molecule has 3 rings (SSSR count). The third-order valence-electron chi connectivity index (χ3n) is 4.26. The Hall–Kier alpha value is -2.00. The highest BCUT2D eigenvalue weighted by molar-refractivity contribution is 5.85. The number of anilines is 1. The molecule has 2 atom stereocenters. The lowest BCUT2D eigenvalue weighted by Gasteiger charge is -2.22. The molecule has 0 amide bonds. The van der Waals surface area contributed by atoms with Gasteiger partial charge in [-0.25, -0.2) is 9.89 Å². The summed E-state index contributed by atoms with van der Waals surface area (Å²) in [4.78, 5) is 11.1. The van der Waals surface area contributed by atoms with Gasteiger partial charge in [0.25, 0.3) is 0 Å². The molecule has 0 spiro atoms. The van der Waals surface area contributed by atoms with Gasteiger partial charge in [0, 0.05) is 17.3 Å². The van der Waals surface area contributed by atoms with Gasteiger partial charge >= 0.3 is 11.9 Å². The van der Waals surface area contributed by atoms with Gasteiger partial charge in [-0.15, -0.1) is 17.5 Å². The molecular formula is C16H20ClF3N4O2. The van der Waals surface area contributed by atoms with Crippen molar-refractivity contribution in [1.82, 2.24) is 15.5 Å². The first kappa shape index (κ1) is 20.3. The Morgan fingerprint density at radius 1 is 1.42 bits per heavy atom. The summed E-state index contributed by atoms with van der Waals surface area (Å²) in [5.74, 6) is -0.356. The van der Waals surface area contributed by atoms with Crippen molar-refractivity contribution in [2.75, 3.05) is 18.4 Å². The number of hydrogen-bond donors (Lipinski definition) is 3. The number of aromatic nitrogens is 2. The van der Waals surface area contributed by atoms with Crippen molar-refractivity contribution in [3.63, 3.8) is 0 Å². The van der Waals surface area contributed by atoms with E-state index in [-0.39, 0.29) is 30.0 Å². The van der Waals surface area contributed by atoms with Crippen molar-refractivity contribution < 1.29 is 17.6 Å². The standard InChI is InChI=1S/C16H19F3N4O2.ClH/c1-9(6-10-4-5-20-8-10)21-13-7-11(14-22-23-15(24)25-14)2-3-12(13)16(17,18)19;/h2-3,7,9-10,20-21H,4-6,8H2,1H3,(H,23,24);1H/t9?,10-;/m0./s1. The lowest BCUT2D eigenvalue weighted by molar-refractivity contribution is -0.137. The first-order chi connectivity index (χ1) is 11.8. The van der Waals surface area contributed by atoms with E-state index in [0.29, 0.717) is 11.5 Å². The van der Waals surface area contributed by atoms with Gasteiger partial charge in [-0.1, -0.05) is 0 Å². The highest BCUT2D eigenvalue weighted by Gasteiger charge is 2.34. The number of hydrogen-bond acceptors (Lipinski definition) is 5. The van der Waals surface area contributed by atoms with Crippen LogP contribution in [-0.2, 0) is 6.18 Å². The van der Waals surface area contributed by atoms with Crippen molar-refractivity contribution in [3.8, 4) is 11.5 Å². The summed E-state index contributed by atoms with van der Waals surface area (Å²) in [5.41, 5.74) is -0.511. The van der Waals surface area contributed by atoms with Gasteiger partial charge in [-0.3, -0.25) is 0 Å². The van der Waals surface area contributed by atoms with Crippen molar-refractivity contribution in [2.45, 2.75) is 32.0 Å². The molecule has 144 valence electrons. The van der Waals surface area contributed by atoms with Gasteiger partial charge < -0.3 is 15.1 Å². The fraction of sp³-hybridized carbons (Fsp3) is 0.500. The first-order valence-corrected chi connectivity index (χ1v) is 8.07. The Morgan fingerprint density at radius 3 is 2.77 bits per heavy atom. The number of benzene rings is 1. The van der Waals surface area contributed by atoms with Crippen LogP contribution in [0.5, 0.6) is 0 Å². The van der Waals surface area contributed by atoms with Gasteiger partial charge in [0.1, 0.15) is 0 Å². The van der Waals surface area contributed by atoms with E-state index < -0.39 is 17.5 Å². The quantitative estimate of drug-likeness (QED) is 0.727. The molecular weight excluding hydrogens is 373 g/mol. The number of H-pyrrole nitrogens is 1. The summed E-state index contributed by atoms with van der Waals surface area (Å²) in [6.07, 6.45) is -2.69. The third-order valence-corrected chi connectivity index (χ3v) is 4.26. The van der Waals surface area contributed by atoms with E-state index in [1.54, 1.807) is 0 Å². The second-order valence-electron chi connectivity index (χ2n) is 6.32. The van der Waals surface area contributed by atoms with Crippen LogP contribution in [0.25, 0.3) is 11.5 Å². The van der Waals surface area contributed by atoms with Crippen LogP contribution in [0.15, 0.2) is 27.4 Å². The van der Waals surface area contributed by atoms with E-state index >= 15 is 0 Å². The monoisotopic (exact) mass is 392 g/mol. The van der Waals surface area contributed by atoms with Crippen LogP contribution in [0.4, 0.5) is 18.9 Å². The number of aromatic amines is 1. The maximum atomic E-state index is 13.3. The van der Waals surface area contributed by atoms with Gasteiger partial charge in [-0.05, 0) is 57.0 Å². The Balaban J connectivity index is 0.00000243. The van der Waals surface area contributed by atoms with Crippen LogP contribution in [-0.4, -0.2) is 29.3 Å². The van der Waals surface area contributed by atoms with Crippen LogP contribution in [0, 0.1) is 5.92 Å². The first-order valence-electron chi connectivity index (χ1n) is 8.07. The van der Waals surface area contributed by atoms with Crippen molar-refractivity contribution in [3.05, 3.63) is 34.3 Å². The molecule has 2 aromatic rings. The normalized spacial score (nSPS) is 18.4. The predicted molar refractivity (Wildman–Crippen MR) is 93.5 cm³/mol. The summed E-state index contributed by atoms with van der Waals surface area (Å²) in [6, 6.07) is 3.38. The molecule has 1 aromatic heterocycles. The molecule has 1 aliphatic rings. The van der Waals surface area contributed by atoms with E-state index in [9.17, 15) is 18.0 Å². The van der Waals surface area contributed by atoms with Crippen LogP contribution in [0.1, 0.15) is 25.3 Å². The fourth-order valence-corrected chi connectivity index (χ4v) is 3.14. The number of rotatable bonds is 5. The SMILES string of the molecule is CC(C[C@@H]1CCNC1)Nc1cc(-c2n[nH]c(=O)o2)ccc1C(F)(F)F.Cl. The van der Waals surface area contributed by atoms with Crippen molar-refractivity contribution in [1.29, 1.82) is 0 Å². The zero-order valence-corrected chi connectivity index (χ0v) is 14.8. The highest BCUT2D eigenvalue weighted by Crippen LogP contribution is 2.37. The van der Waals surface area contributed by atoms with E-state index in [2.05, 4.69) is 20.8 Å². The van der Waals surface area contributed by atoms with Crippen LogP contribution < -0.4 is 16.4 Å². The van der Waals surface area contributed by atoms with Gasteiger partial charge in [0.05, 0.1) is 5.56 Å². The number of nitrogens with zero attached hydrogens (tertiary/aromatic N) is 1. The van der Waals surface area contributed by atoms with E-state index in [4.69, 9.17) is 4.42 Å². The zero-order chi connectivity index (χ0) is 18.0. The molecule has 26 heavy (non-hydrogen) atoms. The molecule has 6 nitrogen and oxygen atoms in total. The van der Waals surface area contributed by atoms with E-state index in [0.717, 1.165) is 32.0 Å².